The molecule has 0 amide bonds. The van der Waals surface area contributed by atoms with Crippen molar-refractivity contribution in [1.82, 2.24) is 0 Å². The molecule has 34 heavy (non-hydrogen) atoms. The number of aliphatic imine (C=N–C) groups is 1. The molecule has 2 aliphatic carbocycles. The van der Waals surface area contributed by atoms with Crippen molar-refractivity contribution in [2.24, 2.45) is 10.9 Å². The summed E-state index contributed by atoms with van der Waals surface area (Å²) in [4.78, 5) is 20.0. The van der Waals surface area contributed by atoms with Crippen molar-refractivity contribution >= 4 is 23.4 Å². The van der Waals surface area contributed by atoms with Gasteiger partial charge in [-0.3, -0.25) is 4.79 Å². The normalized spacial score (nSPS) is 23.4. The number of nitrogens with zero attached hydrogens (tertiary/aromatic N) is 1. The van der Waals surface area contributed by atoms with Crippen molar-refractivity contribution in [1.29, 1.82) is 0 Å². The number of carbonyl (C=O) groups excluding carboxylic acids is 1. The minimum atomic E-state index is -0.0767. The molecule has 0 aromatic heterocycles. The number of allylic oxidation sites excluding steroid dienone is 2. The predicted octanol–water partition coefficient (Wildman–Crippen LogP) is 8.03. The van der Waals surface area contributed by atoms with Gasteiger partial charge in [-0.15, -0.1) is 11.8 Å². The van der Waals surface area contributed by atoms with Crippen LogP contribution in [0, 0.1) is 5.92 Å². The average molecular weight is 470 g/mol. The third-order valence-electron chi connectivity index (χ3n) is 7.53. The molecular weight excluding hydrogens is 438 g/mol. The lowest BCUT2D eigenvalue weighted by Gasteiger charge is -2.41. The fraction of sp³-hybridized carbons (Fsp3) is 0.400. The number of ether oxygens (including phenoxy) is 1. The Morgan fingerprint density at radius 3 is 2.71 bits per heavy atom. The number of Topliss-reactive ketones (excluding diaryl/α,β-unsaturated/α-hetero) is 1. The predicted molar refractivity (Wildman–Crippen MR) is 140 cm³/mol. The minimum absolute atomic E-state index is 0.0102. The van der Waals surface area contributed by atoms with Gasteiger partial charge in [0.2, 0.25) is 5.90 Å². The maximum absolute atomic E-state index is 13.5. The second-order valence-electron chi connectivity index (χ2n) is 9.69. The zero-order valence-corrected chi connectivity index (χ0v) is 20.6. The van der Waals surface area contributed by atoms with Gasteiger partial charge >= 0.3 is 0 Å². The van der Waals surface area contributed by atoms with Gasteiger partial charge in [0.1, 0.15) is 5.25 Å². The summed E-state index contributed by atoms with van der Waals surface area (Å²) >= 11 is 1.82. The smallest absolute Gasteiger partial charge is 0.202 e. The maximum atomic E-state index is 13.5. The van der Waals surface area contributed by atoms with Gasteiger partial charge in [0, 0.05) is 21.9 Å². The molecule has 4 heteroatoms. The van der Waals surface area contributed by atoms with E-state index >= 15 is 0 Å². The summed E-state index contributed by atoms with van der Waals surface area (Å²) in [7, 11) is 0. The molecular formula is C30H31NO2S. The van der Waals surface area contributed by atoms with Crippen LogP contribution in [0.1, 0.15) is 84.6 Å². The third kappa shape index (κ3) is 3.58. The zero-order valence-electron chi connectivity index (χ0n) is 19.8. The molecule has 4 aliphatic rings. The van der Waals surface area contributed by atoms with Crippen LogP contribution in [-0.4, -0.2) is 18.3 Å². The van der Waals surface area contributed by atoms with Crippen molar-refractivity contribution < 1.29 is 9.53 Å². The van der Waals surface area contributed by atoms with Crippen LogP contribution in [0.2, 0.25) is 0 Å². The van der Waals surface area contributed by atoms with Crippen LogP contribution in [0.5, 0.6) is 0 Å². The minimum Gasteiger partial charge on any atom is -0.480 e. The van der Waals surface area contributed by atoms with Crippen LogP contribution >= 0.6 is 11.8 Å². The summed E-state index contributed by atoms with van der Waals surface area (Å²) in [5.74, 6) is 1.03. The summed E-state index contributed by atoms with van der Waals surface area (Å²) in [6.07, 6.45) is 14.7. The first-order valence-electron chi connectivity index (χ1n) is 12.8. The van der Waals surface area contributed by atoms with Crippen molar-refractivity contribution in [3.05, 3.63) is 76.9 Å². The highest BCUT2D eigenvalue weighted by Gasteiger charge is 2.46. The molecule has 2 heterocycles. The summed E-state index contributed by atoms with van der Waals surface area (Å²) < 4.78 is 6.46. The van der Waals surface area contributed by atoms with E-state index in [9.17, 15) is 4.79 Å². The summed E-state index contributed by atoms with van der Waals surface area (Å²) in [6.45, 7) is 2.96. The van der Waals surface area contributed by atoms with E-state index in [2.05, 4.69) is 55.5 Å². The fourth-order valence-electron chi connectivity index (χ4n) is 5.86. The first-order chi connectivity index (χ1) is 16.8. The number of carbonyl (C=O) groups is 1. The Hall–Kier alpha value is -2.59. The van der Waals surface area contributed by atoms with E-state index in [-0.39, 0.29) is 23.0 Å². The first kappa shape index (κ1) is 21.9. The number of ketones is 1. The zero-order chi connectivity index (χ0) is 23.1. The van der Waals surface area contributed by atoms with Crippen LogP contribution in [0.4, 0.5) is 0 Å². The monoisotopic (exact) mass is 469 g/mol. The molecule has 0 bridgehead atoms. The molecule has 3 nitrogen and oxygen atoms in total. The third-order valence-corrected chi connectivity index (χ3v) is 8.81. The Morgan fingerprint density at radius 1 is 0.971 bits per heavy atom. The standard InChI is InChI=1S/C30H31NO2S/c1-2-3-4-5-6-11-18-33-30-29-26-20(19-12-9-10-15-24(19)34-29)16-17-23-25(26)27(31-30)21-13-7-8-14-22(21)28(23)32/h7,9-10,12-17,21,27,29H,2-6,8,11,18H2,1H3. The topological polar surface area (TPSA) is 38.7 Å². The second-order valence-corrected chi connectivity index (χ2v) is 10.8. The fourth-order valence-corrected chi connectivity index (χ4v) is 7.18. The number of unbranched alkanes of at least 4 members (excludes halogenated alkanes) is 5. The quantitative estimate of drug-likeness (QED) is 0.304. The average Bonchev–Trinajstić information content (AvgIpc) is 2.88. The molecule has 0 radical (unpaired) electrons. The molecule has 0 saturated carbocycles. The molecule has 0 spiro atoms. The van der Waals surface area contributed by atoms with Gasteiger partial charge in [-0.1, -0.05) is 87.6 Å². The van der Waals surface area contributed by atoms with Crippen LogP contribution in [0.15, 0.2) is 70.1 Å². The second kappa shape index (κ2) is 9.22. The van der Waals surface area contributed by atoms with E-state index in [1.165, 1.54) is 53.7 Å². The SMILES string of the molecule is CCCCCCCCOC1=NC2c3c(ccc4c3C1Sc1ccccc1-4)C(=O)C1=CCC=CC12. The molecule has 2 aliphatic heterocycles. The lowest BCUT2D eigenvalue weighted by molar-refractivity contribution is 0.101. The van der Waals surface area contributed by atoms with Gasteiger partial charge in [-0.05, 0) is 41.2 Å². The highest BCUT2D eigenvalue weighted by molar-refractivity contribution is 8.00. The Bertz CT molecular complexity index is 1220. The molecule has 2 aromatic carbocycles. The Morgan fingerprint density at radius 2 is 1.79 bits per heavy atom. The Balaban J connectivity index is 1.38. The molecule has 174 valence electrons. The lowest BCUT2D eigenvalue weighted by atomic mass is 9.69. The number of benzene rings is 2. The van der Waals surface area contributed by atoms with Crippen molar-refractivity contribution in [2.45, 2.75) is 68.1 Å². The van der Waals surface area contributed by atoms with Gasteiger partial charge in [0.15, 0.2) is 5.78 Å². The maximum Gasteiger partial charge on any atom is 0.202 e. The van der Waals surface area contributed by atoms with Crippen molar-refractivity contribution in [3.8, 4) is 11.1 Å². The van der Waals surface area contributed by atoms with Crippen molar-refractivity contribution in [2.75, 3.05) is 6.61 Å². The summed E-state index contributed by atoms with van der Waals surface area (Å²) in [5, 5.41) is 0.0158. The van der Waals surface area contributed by atoms with Gasteiger partial charge in [0.05, 0.1) is 12.6 Å². The van der Waals surface area contributed by atoms with E-state index in [0.29, 0.717) is 6.61 Å². The van der Waals surface area contributed by atoms with Crippen LogP contribution in [-0.2, 0) is 4.74 Å². The summed E-state index contributed by atoms with van der Waals surface area (Å²) in [6, 6.07) is 12.7. The van der Waals surface area contributed by atoms with Crippen LogP contribution in [0.25, 0.3) is 11.1 Å². The van der Waals surface area contributed by atoms with Gasteiger partial charge in [-0.25, -0.2) is 4.99 Å². The molecule has 6 rings (SSSR count). The molecule has 2 aromatic rings. The molecule has 0 fully saturated rings. The molecule has 0 N–H and O–H groups in total. The molecule has 0 saturated heterocycles. The first-order valence-corrected chi connectivity index (χ1v) is 13.7. The number of hydrogen-bond acceptors (Lipinski definition) is 4. The highest BCUT2D eigenvalue weighted by atomic mass is 32.2. The number of hydrogen-bond donors (Lipinski definition) is 0. The number of rotatable bonds is 7. The van der Waals surface area contributed by atoms with Gasteiger partial charge in [-0.2, -0.15) is 0 Å². The Kier molecular flexibility index (Phi) is 5.94. The summed E-state index contributed by atoms with van der Waals surface area (Å²) in [5.41, 5.74) is 6.62. The lowest BCUT2D eigenvalue weighted by Crippen LogP contribution is -2.34. The van der Waals surface area contributed by atoms with Gasteiger partial charge < -0.3 is 4.74 Å². The van der Waals surface area contributed by atoms with E-state index < -0.39 is 0 Å². The largest absolute Gasteiger partial charge is 0.480 e. The van der Waals surface area contributed by atoms with Crippen LogP contribution < -0.4 is 0 Å². The molecule has 3 unspecified atom stereocenters. The number of thioether (sulfide) groups is 1. The highest BCUT2D eigenvalue weighted by Crippen LogP contribution is 2.58. The Labute approximate surface area is 206 Å². The van der Waals surface area contributed by atoms with E-state index in [1.54, 1.807) is 0 Å². The van der Waals surface area contributed by atoms with Crippen molar-refractivity contribution in [3.63, 3.8) is 0 Å². The van der Waals surface area contributed by atoms with E-state index in [4.69, 9.17) is 9.73 Å². The van der Waals surface area contributed by atoms with E-state index in [0.717, 1.165) is 35.4 Å². The number of fused-ring (bicyclic) bond motifs is 4. The van der Waals surface area contributed by atoms with Gasteiger partial charge in [0.25, 0.3) is 0 Å². The van der Waals surface area contributed by atoms with Crippen LogP contribution in [0.3, 0.4) is 0 Å². The molecule has 3 atom stereocenters. The van der Waals surface area contributed by atoms with E-state index in [1.807, 2.05) is 17.8 Å².